The van der Waals surface area contributed by atoms with Crippen molar-refractivity contribution in [1.29, 1.82) is 0 Å². The standard InChI is InChI=1S/C12H21N3O/c1-5-15-9-11(8-14-15)7-13-10-12(3,4)16-6-2/h5,8-9,13H,1,6-7,10H2,2-4H3. The van der Waals surface area contributed by atoms with Crippen molar-refractivity contribution in [3.8, 4) is 0 Å². The third-order valence-corrected chi connectivity index (χ3v) is 2.26. The molecule has 1 aromatic heterocycles. The highest BCUT2D eigenvalue weighted by Gasteiger charge is 2.16. The van der Waals surface area contributed by atoms with Gasteiger partial charge in [-0.2, -0.15) is 5.10 Å². The molecule has 0 aromatic carbocycles. The van der Waals surface area contributed by atoms with Crippen LogP contribution in [0, 0.1) is 0 Å². The van der Waals surface area contributed by atoms with E-state index in [1.807, 2.05) is 19.3 Å². The summed E-state index contributed by atoms with van der Waals surface area (Å²) >= 11 is 0. The Labute approximate surface area is 97.3 Å². The Kier molecular flexibility index (Phi) is 4.71. The van der Waals surface area contributed by atoms with E-state index in [4.69, 9.17) is 4.74 Å². The molecule has 0 aliphatic rings. The van der Waals surface area contributed by atoms with Crippen LogP contribution >= 0.6 is 0 Å². The van der Waals surface area contributed by atoms with Crippen molar-refractivity contribution in [2.45, 2.75) is 32.9 Å². The van der Waals surface area contributed by atoms with Gasteiger partial charge in [-0.1, -0.05) is 6.58 Å². The average molecular weight is 223 g/mol. The van der Waals surface area contributed by atoms with Gasteiger partial charge in [0, 0.05) is 37.7 Å². The van der Waals surface area contributed by atoms with E-state index in [9.17, 15) is 0 Å². The van der Waals surface area contributed by atoms with Gasteiger partial charge in [0.25, 0.3) is 0 Å². The highest BCUT2D eigenvalue weighted by atomic mass is 16.5. The third-order valence-electron chi connectivity index (χ3n) is 2.26. The lowest BCUT2D eigenvalue weighted by atomic mass is 10.1. The summed E-state index contributed by atoms with van der Waals surface area (Å²) in [6.45, 7) is 12.2. The molecule has 1 heterocycles. The van der Waals surface area contributed by atoms with Crippen LogP contribution in [0.1, 0.15) is 26.3 Å². The fourth-order valence-corrected chi connectivity index (χ4v) is 1.52. The molecule has 1 aromatic rings. The van der Waals surface area contributed by atoms with E-state index in [1.54, 1.807) is 10.9 Å². The van der Waals surface area contributed by atoms with Crippen molar-refractivity contribution in [2.75, 3.05) is 13.2 Å². The van der Waals surface area contributed by atoms with Crippen LogP contribution in [0.5, 0.6) is 0 Å². The van der Waals surface area contributed by atoms with Gasteiger partial charge in [0.1, 0.15) is 0 Å². The quantitative estimate of drug-likeness (QED) is 0.767. The van der Waals surface area contributed by atoms with E-state index in [0.717, 1.165) is 25.3 Å². The second kappa shape index (κ2) is 5.82. The minimum absolute atomic E-state index is 0.122. The normalized spacial score (nSPS) is 11.7. The molecule has 0 fully saturated rings. The zero-order chi connectivity index (χ0) is 12.0. The Morgan fingerprint density at radius 3 is 2.94 bits per heavy atom. The lowest BCUT2D eigenvalue weighted by Crippen LogP contribution is -2.37. The summed E-state index contributed by atoms with van der Waals surface area (Å²) in [6, 6.07) is 0. The number of rotatable bonds is 7. The fourth-order valence-electron chi connectivity index (χ4n) is 1.52. The first kappa shape index (κ1) is 12.9. The van der Waals surface area contributed by atoms with Crippen molar-refractivity contribution in [3.05, 3.63) is 24.5 Å². The Hall–Kier alpha value is -1.13. The third kappa shape index (κ3) is 4.16. The molecule has 1 N–H and O–H groups in total. The van der Waals surface area contributed by atoms with Crippen LogP contribution in [0.25, 0.3) is 6.20 Å². The van der Waals surface area contributed by atoms with E-state index in [-0.39, 0.29) is 5.60 Å². The summed E-state index contributed by atoms with van der Waals surface area (Å²) in [5.41, 5.74) is 1.02. The zero-order valence-electron chi connectivity index (χ0n) is 10.4. The monoisotopic (exact) mass is 223 g/mol. The molecule has 0 atom stereocenters. The van der Waals surface area contributed by atoms with E-state index in [0.29, 0.717) is 0 Å². The first-order valence-corrected chi connectivity index (χ1v) is 5.57. The maximum atomic E-state index is 5.59. The van der Waals surface area contributed by atoms with Crippen LogP contribution in [0.15, 0.2) is 19.0 Å². The van der Waals surface area contributed by atoms with Crippen molar-refractivity contribution < 1.29 is 4.74 Å². The Morgan fingerprint density at radius 2 is 2.38 bits per heavy atom. The van der Waals surface area contributed by atoms with E-state index in [1.165, 1.54) is 0 Å². The Morgan fingerprint density at radius 1 is 1.62 bits per heavy atom. The number of hydrogen-bond acceptors (Lipinski definition) is 3. The first-order valence-electron chi connectivity index (χ1n) is 5.57. The number of nitrogens with zero attached hydrogens (tertiary/aromatic N) is 2. The Balaban J connectivity index is 2.32. The highest BCUT2D eigenvalue weighted by Crippen LogP contribution is 2.07. The molecule has 0 unspecified atom stereocenters. The average Bonchev–Trinajstić information content (AvgIpc) is 2.65. The molecule has 4 nitrogen and oxygen atoms in total. The molecule has 0 radical (unpaired) electrons. The van der Waals surface area contributed by atoms with Crippen LogP contribution in [-0.4, -0.2) is 28.5 Å². The van der Waals surface area contributed by atoms with Gasteiger partial charge in [-0.25, -0.2) is 4.68 Å². The molecule has 16 heavy (non-hydrogen) atoms. The molecule has 0 spiro atoms. The van der Waals surface area contributed by atoms with Gasteiger partial charge in [0.2, 0.25) is 0 Å². The lowest BCUT2D eigenvalue weighted by Gasteiger charge is -2.24. The number of aromatic nitrogens is 2. The summed E-state index contributed by atoms with van der Waals surface area (Å²) in [7, 11) is 0. The predicted octanol–water partition coefficient (Wildman–Crippen LogP) is 1.89. The second-order valence-electron chi connectivity index (χ2n) is 4.31. The molecule has 0 aliphatic heterocycles. The smallest absolute Gasteiger partial charge is 0.0750 e. The minimum Gasteiger partial charge on any atom is -0.375 e. The highest BCUT2D eigenvalue weighted by molar-refractivity contribution is 5.17. The fraction of sp³-hybridized carbons (Fsp3) is 0.583. The van der Waals surface area contributed by atoms with Crippen LogP contribution in [0.2, 0.25) is 0 Å². The van der Waals surface area contributed by atoms with Gasteiger partial charge in [-0.15, -0.1) is 0 Å². The number of ether oxygens (including phenoxy) is 1. The summed E-state index contributed by atoms with van der Waals surface area (Å²) in [5.74, 6) is 0. The van der Waals surface area contributed by atoms with Crippen molar-refractivity contribution >= 4 is 6.20 Å². The predicted molar refractivity (Wildman–Crippen MR) is 66.0 cm³/mol. The largest absolute Gasteiger partial charge is 0.375 e. The van der Waals surface area contributed by atoms with Gasteiger partial charge < -0.3 is 10.1 Å². The van der Waals surface area contributed by atoms with Gasteiger partial charge in [-0.3, -0.25) is 0 Å². The molecule has 0 bridgehead atoms. The molecule has 0 saturated heterocycles. The maximum absolute atomic E-state index is 5.59. The number of hydrogen-bond donors (Lipinski definition) is 1. The molecule has 0 saturated carbocycles. The van der Waals surface area contributed by atoms with Gasteiger partial charge >= 0.3 is 0 Å². The number of nitrogens with one attached hydrogen (secondary N) is 1. The molecule has 4 heteroatoms. The van der Waals surface area contributed by atoms with Crippen molar-refractivity contribution in [2.24, 2.45) is 0 Å². The van der Waals surface area contributed by atoms with E-state index < -0.39 is 0 Å². The van der Waals surface area contributed by atoms with Crippen LogP contribution < -0.4 is 5.32 Å². The van der Waals surface area contributed by atoms with Crippen LogP contribution in [0.3, 0.4) is 0 Å². The molecule has 0 amide bonds. The molecular formula is C12H21N3O. The molecule has 0 aliphatic carbocycles. The summed E-state index contributed by atoms with van der Waals surface area (Å²) in [4.78, 5) is 0. The molecule has 90 valence electrons. The van der Waals surface area contributed by atoms with E-state index >= 15 is 0 Å². The van der Waals surface area contributed by atoms with Gasteiger partial charge in [0.05, 0.1) is 11.8 Å². The molecular weight excluding hydrogens is 202 g/mol. The van der Waals surface area contributed by atoms with Gasteiger partial charge in [-0.05, 0) is 20.8 Å². The van der Waals surface area contributed by atoms with Crippen molar-refractivity contribution in [3.63, 3.8) is 0 Å². The SMILES string of the molecule is C=Cn1cc(CNCC(C)(C)OCC)cn1. The first-order chi connectivity index (χ1) is 7.57. The Bertz CT molecular complexity index is 331. The van der Waals surface area contributed by atoms with E-state index in [2.05, 4.69) is 30.8 Å². The summed E-state index contributed by atoms with van der Waals surface area (Å²) in [6.07, 6.45) is 5.46. The van der Waals surface area contributed by atoms with Crippen molar-refractivity contribution in [1.82, 2.24) is 15.1 Å². The van der Waals surface area contributed by atoms with Crippen LogP contribution in [0.4, 0.5) is 0 Å². The second-order valence-corrected chi connectivity index (χ2v) is 4.31. The molecule has 1 rings (SSSR count). The summed E-state index contributed by atoms with van der Waals surface area (Å²) in [5, 5.41) is 7.47. The van der Waals surface area contributed by atoms with Gasteiger partial charge in [0.15, 0.2) is 0 Å². The van der Waals surface area contributed by atoms with Crippen LogP contribution in [-0.2, 0) is 11.3 Å². The topological polar surface area (TPSA) is 39.1 Å². The lowest BCUT2D eigenvalue weighted by molar-refractivity contribution is -0.00897. The zero-order valence-corrected chi connectivity index (χ0v) is 10.4. The maximum Gasteiger partial charge on any atom is 0.0750 e. The summed E-state index contributed by atoms with van der Waals surface area (Å²) < 4.78 is 7.29. The minimum atomic E-state index is -0.122.